The van der Waals surface area contributed by atoms with Crippen LogP contribution in [-0.2, 0) is 9.59 Å². The third-order valence-electron chi connectivity index (χ3n) is 7.98. The molecule has 0 N–H and O–H groups in total. The lowest BCUT2D eigenvalue weighted by molar-refractivity contribution is -0.132. The van der Waals surface area contributed by atoms with Crippen molar-refractivity contribution >= 4 is 23.3 Å². The van der Waals surface area contributed by atoms with E-state index in [2.05, 4.69) is 13.8 Å². The van der Waals surface area contributed by atoms with Crippen LogP contribution < -0.4 is 0 Å². The van der Waals surface area contributed by atoms with Crippen molar-refractivity contribution in [2.24, 2.45) is 28.6 Å². The first kappa shape index (κ1) is 16.8. The molecular formula is C20H27FO2S. The molecule has 0 aromatic heterocycles. The van der Waals surface area contributed by atoms with Gasteiger partial charge in [0.2, 0.25) is 0 Å². The Kier molecular flexibility index (Phi) is 3.98. The van der Waals surface area contributed by atoms with Gasteiger partial charge in [0.05, 0.1) is 4.91 Å². The largest absolute Gasteiger partial charge is 0.299 e. The van der Waals surface area contributed by atoms with E-state index in [-0.39, 0.29) is 16.6 Å². The van der Waals surface area contributed by atoms with Crippen LogP contribution >= 0.6 is 11.8 Å². The van der Waals surface area contributed by atoms with E-state index in [1.807, 2.05) is 0 Å². The molecule has 0 spiro atoms. The monoisotopic (exact) mass is 350 g/mol. The van der Waals surface area contributed by atoms with E-state index in [1.165, 1.54) is 5.57 Å². The minimum atomic E-state index is -0.510. The van der Waals surface area contributed by atoms with Crippen molar-refractivity contribution < 1.29 is 14.0 Å². The summed E-state index contributed by atoms with van der Waals surface area (Å²) >= 11 is 1.11. The Hall–Kier alpha value is -0.640. The maximum absolute atomic E-state index is 13.0. The highest BCUT2D eigenvalue weighted by Crippen LogP contribution is 2.65. The Morgan fingerprint density at radius 2 is 1.75 bits per heavy atom. The summed E-state index contributed by atoms with van der Waals surface area (Å²) in [7, 11) is 0. The highest BCUT2D eigenvalue weighted by molar-refractivity contribution is 8.03. The molecule has 0 bridgehead atoms. The molecule has 3 saturated carbocycles. The smallest absolute Gasteiger partial charge is 0.169 e. The van der Waals surface area contributed by atoms with E-state index in [0.29, 0.717) is 30.0 Å². The standard InChI is InChI=1S/C20H27FO2S/c1-19-10-8-16(22)18(24-11-21)15(19)4-3-12-13-5-6-17(23)20(13,2)9-7-14(12)19/h12-14H,3-11H2,1-2H3/t12-,13-,14-,19+,20-/m0/s1. The van der Waals surface area contributed by atoms with Crippen molar-refractivity contribution in [3.63, 3.8) is 0 Å². The zero-order chi connectivity index (χ0) is 17.1. The minimum Gasteiger partial charge on any atom is -0.299 e. The summed E-state index contributed by atoms with van der Waals surface area (Å²) in [5.41, 5.74) is 1.19. The van der Waals surface area contributed by atoms with Gasteiger partial charge in [-0.05, 0) is 67.3 Å². The SMILES string of the molecule is C[C@]12CCC(=O)C(SCF)=C1CC[C@@H]1[C@@H]2CC[C@]2(C)C(=O)CC[C@@H]12. The van der Waals surface area contributed by atoms with Gasteiger partial charge in [-0.15, -0.1) is 0 Å². The molecule has 2 nitrogen and oxygen atoms in total. The van der Waals surface area contributed by atoms with Crippen molar-refractivity contribution in [1.82, 2.24) is 0 Å². The number of hydrogen-bond acceptors (Lipinski definition) is 3. The maximum atomic E-state index is 13.0. The number of Topliss-reactive ketones (excluding diaryl/α,β-unsaturated/α-hetero) is 2. The summed E-state index contributed by atoms with van der Waals surface area (Å²) in [5.74, 6) is 2.32. The molecule has 0 unspecified atom stereocenters. The summed E-state index contributed by atoms with van der Waals surface area (Å²) in [6.07, 6.45) is 7.37. The predicted octanol–water partition coefficient (Wildman–Crippen LogP) is 5.08. The number of ketones is 2. The lowest BCUT2D eigenvalue weighted by Crippen LogP contribution is -2.51. The van der Waals surface area contributed by atoms with Gasteiger partial charge in [0.25, 0.3) is 0 Å². The number of hydrogen-bond donors (Lipinski definition) is 0. The topological polar surface area (TPSA) is 34.1 Å². The van der Waals surface area contributed by atoms with Crippen LogP contribution in [0.3, 0.4) is 0 Å². The third kappa shape index (κ3) is 2.14. The van der Waals surface area contributed by atoms with Crippen LogP contribution in [0.15, 0.2) is 10.5 Å². The Morgan fingerprint density at radius 1 is 1.00 bits per heavy atom. The summed E-state index contributed by atoms with van der Waals surface area (Å²) < 4.78 is 13.0. The fourth-order valence-electron chi connectivity index (χ4n) is 6.66. The molecule has 4 rings (SSSR count). The minimum absolute atomic E-state index is 0.0430. The summed E-state index contributed by atoms with van der Waals surface area (Å²) in [5, 5.41) is 0. The Balaban J connectivity index is 1.72. The maximum Gasteiger partial charge on any atom is 0.169 e. The van der Waals surface area contributed by atoms with Crippen molar-refractivity contribution in [1.29, 1.82) is 0 Å². The zero-order valence-corrected chi connectivity index (χ0v) is 15.5. The molecule has 0 aromatic rings. The molecule has 0 aromatic carbocycles. The average molecular weight is 350 g/mol. The lowest BCUT2D eigenvalue weighted by atomic mass is 9.47. The molecule has 0 aliphatic heterocycles. The van der Waals surface area contributed by atoms with E-state index in [9.17, 15) is 14.0 Å². The first-order chi connectivity index (χ1) is 11.4. The van der Waals surface area contributed by atoms with Gasteiger partial charge in [-0.3, -0.25) is 9.59 Å². The van der Waals surface area contributed by atoms with Gasteiger partial charge in [0.15, 0.2) is 5.78 Å². The van der Waals surface area contributed by atoms with Crippen LogP contribution in [0.2, 0.25) is 0 Å². The van der Waals surface area contributed by atoms with Crippen LogP contribution in [-0.4, -0.2) is 17.6 Å². The van der Waals surface area contributed by atoms with Crippen LogP contribution in [0, 0.1) is 28.6 Å². The number of alkyl halides is 1. The fourth-order valence-corrected chi connectivity index (χ4v) is 7.54. The normalized spacial score (nSPS) is 45.0. The van der Waals surface area contributed by atoms with Gasteiger partial charge in [-0.1, -0.05) is 25.6 Å². The van der Waals surface area contributed by atoms with Crippen LogP contribution in [0.4, 0.5) is 4.39 Å². The second kappa shape index (κ2) is 5.69. The summed E-state index contributed by atoms with van der Waals surface area (Å²) in [6, 6.07) is -0.510. The number of rotatable bonds is 2. The zero-order valence-electron chi connectivity index (χ0n) is 14.7. The van der Waals surface area contributed by atoms with Gasteiger partial charge < -0.3 is 0 Å². The second-order valence-electron chi connectivity index (χ2n) is 8.74. The molecule has 24 heavy (non-hydrogen) atoms. The highest BCUT2D eigenvalue weighted by atomic mass is 32.2. The number of carbonyl (C=O) groups excluding carboxylic acids is 2. The van der Waals surface area contributed by atoms with Crippen molar-refractivity contribution in [3.05, 3.63) is 10.5 Å². The first-order valence-corrected chi connectivity index (χ1v) is 10.4. The molecule has 0 radical (unpaired) electrons. The van der Waals surface area contributed by atoms with Crippen molar-refractivity contribution in [2.75, 3.05) is 6.01 Å². The van der Waals surface area contributed by atoms with Crippen LogP contribution in [0.1, 0.15) is 65.2 Å². The molecular weight excluding hydrogens is 323 g/mol. The van der Waals surface area contributed by atoms with Gasteiger partial charge in [-0.2, -0.15) is 0 Å². The van der Waals surface area contributed by atoms with E-state index in [0.717, 1.165) is 61.6 Å². The molecule has 4 aliphatic carbocycles. The third-order valence-corrected chi connectivity index (χ3v) is 8.85. The first-order valence-electron chi connectivity index (χ1n) is 9.40. The Bertz CT molecular complexity index is 627. The van der Waals surface area contributed by atoms with E-state index in [4.69, 9.17) is 0 Å². The molecule has 0 amide bonds. The molecule has 4 heteroatoms. The number of carbonyl (C=O) groups is 2. The molecule has 0 saturated heterocycles. The number of allylic oxidation sites excluding steroid dienone is 1. The van der Waals surface area contributed by atoms with Gasteiger partial charge in [0.1, 0.15) is 11.8 Å². The lowest BCUT2D eigenvalue weighted by Gasteiger charge is -2.57. The highest BCUT2D eigenvalue weighted by Gasteiger charge is 2.59. The molecule has 132 valence electrons. The number of halogens is 1. The van der Waals surface area contributed by atoms with E-state index in [1.54, 1.807) is 0 Å². The second-order valence-corrected chi connectivity index (χ2v) is 9.65. The average Bonchev–Trinajstić information content (AvgIpc) is 2.86. The number of thioether (sulfide) groups is 1. The quantitative estimate of drug-likeness (QED) is 0.697. The number of fused-ring (bicyclic) bond motifs is 5. The van der Waals surface area contributed by atoms with Crippen LogP contribution in [0.25, 0.3) is 0 Å². The van der Waals surface area contributed by atoms with Crippen molar-refractivity contribution in [2.45, 2.75) is 65.2 Å². The van der Waals surface area contributed by atoms with Crippen LogP contribution in [0.5, 0.6) is 0 Å². The molecule has 3 fully saturated rings. The van der Waals surface area contributed by atoms with E-state index >= 15 is 0 Å². The van der Waals surface area contributed by atoms with Crippen molar-refractivity contribution in [3.8, 4) is 0 Å². The Labute approximate surface area is 148 Å². The summed E-state index contributed by atoms with van der Waals surface area (Å²) in [4.78, 5) is 25.5. The van der Waals surface area contributed by atoms with Gasteiger partial charge in [-0.25, -0.2) is 4.39 Å². The van der Waals surface area contributed by atoms with E-state index < -0.39 is 6.01 Å². The fraction of sp³-hybridized carbons (Fsp3) is 0.800. The van der Waals surface area contributed by atoms with Gasteiger partial charge >= 0.3 is 0 Å². The molecule has 4 aliphatic rings. The predicted molar refractivity (Wildman–Crippen MR) is 94.2 cm³/mol. The van der Waals surface area contributed by atoms with Gasteiger partial charge in [0, 0.05) is 18.3 Å². The Morgan fingerprint density at radius 3 is 2.50 bits per heavy atom. The summed E-state index contributed by atoms with van der Waals surface area (Å²) in [6.45, 7) is 4.52. The molecule has 0 heterocycles. The molecule has 5 atom stereocenters.